The first-order valence-electron chi connectivity index (χ1n) is 16.0. The molecule has 5 atom stereocenters. The summed E-state index contributed by atoms with van der Waals surface area (Å²) in [5.74, 6) is -2.33. The number of fused-ring (bicyclic) bond motifs is 5. The zero-order valence-corrected chi connectivity index (χ0v) is 27.4. The van der Waals surface area contributed by atoms with E-state index in [1.165, 1.54) is 6.20 Å². The second kappa shape index (κ2) is 10.8. The molecule has 2 aromatic carbocycles. The molecule has 4 aromatic rings. The number of esters is 1. The maximum absolute atomic E-state index is 16.4. The zero-order valence-electron chi connectivity index (χ0n) is 25.9. The number of carbonyl (C=O) groups is 2. The molecule has 5 heterocycles. The van der Waals surface area contributed by atoms with Crippen molar-refractivity contribution in [3.05, 3.63) is 123 Å². The summed E-state index contributed by atoms with van der Waals surface area (Å²) in [6.45, 7) is 4.46. The maximum atomic E-state index is 16.4. The van der Waals surface area contributed by atoms with Gasteiger partial charge in [-0.1, -0.05) is 104 Å². The lowest BCUT2D eigenvalue weighted by Gasteiger charge is -2.57. The number of hydrogen-bond donors (Lipinski definition) is 1. The van der Waals surface area contributed by atoms with Gasteiger partial charge in [0.2, 0.25) is 5.91 Å². The number of amides is 1. The monoisotopic (exact) mass is 670 g/mol. The molecule has 47 heavy (non-hydrogen) atoms. The van der Waals surface area contributed by atoms with E-state index >= 15 is 9.18 Å². The Bertz CT molecular complexity index is 1900. The molecule has 0 unspecified atom stereocenters. The number of pyridine rings is 2. The van der Waals surface area contributed by atoms with Gasteiger partial charge in [-0.2, -0.15) is 0 Å². The Hall–Kier alpha value is -3.85. The van der Waals surface area contributed by atoms with Crippen molar-refractivity contribution in [2.24, 2.45) is 5.41 Å². The first-order valence-corrected chi connectivity index (χ1v) is 16.7. The highest BCUT2D eigenvalue weighted by Gasteiger charge is 2.79. The molecule has 240 valence electrons. The van der Waals surface area contributed by atoms with E-state index in [-0.39, 0.29) is 27.2 Å². The van der Waals surface area contributed by atoms with Crippen molar-refractivity contribution in [1.82, 2.24) is 14.9 Å². The third-order valence-electron chi connectivity index (χ3n) is 11.2. The lowest BCUT2D eigenvalue weighted by atomic mass is 9.53. The van der Waals surface area contributed by atoms with Gasteiger partial charge in [0.1, 0.15) is 28.5 Å². The van der Waals surface area contributed by atoms with Gasteiger partial charge in [0.05, 0.1) is 6.04 Å². The number of nitrogens with zero attached hydrogens (tertiary/aromatic N) is 3. The second-order valence-corrected chi connectivity index (χ2v) is 14.7. The number of cyclic esters (lactones) is 1. The van der Waals surface area contributed by atoms with Gasteiger partial charge in [-0.25, -0.2) is 14.4 Å². The number of carbonyl (C=O) groups excluding carboxylic acids is 2. The summed E-state index contributed by atoms with van der Waals surface area (Å²) in [7, 11) is 0. The lowest BCUT2D eigenvalue weighted by molar-refractivity contribution is -0.184. The number of benzene rings is 2. The number of ether oxygens (including phenoxy) is 1. The molecule has 1 amide bonds. The van der Waals surface area contributed by atoms with Gasteiger partial charge in [0.15, 0.2) is 11.0 Å². The van der Waals surface area contributed by atoms with Crippen LogP contribution in [0.3, 0.4) is 0 Å². The summed E-state index contributed by atoms with van der Waals surface area (Å²) in [6.07, 6.45) is 3.43. The molecular formula is C37H33Cl2FN4O3. The van der Waals surface area contributed by atoms with Crippen LogP contribution in [0.1, 0.15) is 79.8 Å². The first kappa shape index (κ1) is 30.5. The van der Waals surface area contributed by atoms with Crippen LogP contribution in [0.15, 0.2) is 85.1 Å². The number of rotatable bonds is 3. The quantitative estimate of drug-likeness (QED) is 0.176. The van der Waals surface area contributed by atoms with Crippen LogP contribution >= 0.6 is 23.2 Å². The van der Waals surface area contributed by atoms with Crippen molar-refractivity contribution in [1.29, 1.82) is 0 Å². The minimum atomic E-state index is -1.45. The summed E-state index contributed by atoms with van der Waals surface area (Å²) in [5.41, 5.74) is 0.0662. The van der Waals surface area contributed by atoms with Crippen molar-refractivity contribution in [3.8, 4) is 0 Å². The van der Waals surface area contributed by atoms with Crippen LogP contribution in [0.5, 0.6) is 0 Å². The van der Waals surface area contributed by atoms with Gasteiger partial charge in [-0.15, -0.1) is 0 Å². The summed E-state index contributed by atoms with van der Waals surface area (Å²) in [6, 6.07) is 23.1. The smallest absolute Gasteiger partial charge is 0.324 e. The average Bonchev–Trinajstić information content (AvgIpc) is 3.50. The molecule has 1 N–H and O–H groups in total. The Balaban J connectivity index is 1.49. The molecule has 1 aliphatic carbocycles. The molecule has 1 saturated carbocycles. The number of halogens is 3. The predicted molar refractivity (Wildman–Crippen MR) is 177 cm³/mol. The van der Waals surface area contributed by atoms with Gasteiger partial charge in [0.25, 0.3) is 0 Å². The van der Waals surface area contributed by atoms with Crippen LogP contribution < -0.4 is 5.32 Å². The van der Waals surface area contributed by atoms with E-state index in [1.807, 2.05) is 66.7 Å². The van der Waals surface area contributed by atoms with Gasteiger partial charge in [-0.05, 0) is 59.9 Å². The van der Waals surface area contributed by atoms with E-state index in [9.17, 15) is 4.79 Å². The van der Waals surface area contributed by atoms with E-state index in [2.05, 4.69) is 34.0 Å². The third-order valence-corrected chi connectivity index (χ3v) is 11.6. The number of anilines is 1. The standard InChI is InChI=1S/C37H33Cl2FN4O3/c1-35(2)16-18-36(19-17-35)37(24-13-14-25(38)42-32(24)43-34(37)46)26(23-15-20-41-31(39)27(23)40)29-33(45)47-30(22-11-7-4-8-12-22)28(44(29)36)21-9-5-3-6-10-21/h3-15,20,26,28-30H,16-19H2,1-2H3,(H,42,43,46)/t26-,28+,29+,30-,37-/m0/s1. The van der Waals surface area contributed by atoms with Crippen molar-refractivity contribution < 1.29 is 18.7 Å². The van der Waals surface area contributed by atoms with E-state index in [4.69, 9.17) is 27.9 Å². The average molecular weight is 672 g/mol. The largest absolute Gasteiger partial charge is 0.454 e. The Kier molecular flexibility index (Phi) is 7.03. The van der Waals surface area contributed by atoms with Gasteiger partial charge in [0, 0.05) is 23.2 Å². The summed E-state index contributed by atoms with van der Waals surface area (Å²) < 4.78 is 22.9. The topological polar surface area (TPSA) is 84.4 Å². The normalized spacial score (nSPS) is 29.0. The molecule has 2 spiro atoms. The molecular weight excluding hydrogens is 638 g/mol. The van der Waals surface area contributed by atoms with Crippen LogP contribution in [0.4, 0.5) is 10.2 Å². The predicted octanol–water partition coefficient (Wildman–Crippen LogP) is 7.96. The Morgan fingerprint density at radius 2 is 1.53 bits per heavy atom. The summed E-state index contributed by atoms with van der Waals surface area (Å²) in [4.78, 5) is 40.6. The van der Waals surface area contributed by atoms with Crippen LogP contribution in [0, 0.1) is 11.2 Å². The van der Waals surface area contributed by atoms with Crippen molar-refractivity contribution in [3.63, 3.8) is 0 Å². The summed E-state index contributed by atoms with van der Waals surface area (Å²) in [5, 5.41) is 2.93. The molecule has 2 saturated heterocycles. The van der Waals surface area contributed by atoms with Crippen molar-refractivity contribution >= 4 is 40.9 Å². The van der Waals surface area contributed by atoms with E-state index in [1.54, 1.807) is 12.1 Å². The van der Waals surface area contributed by atoms with E-state index in [0.29, 0.717) is 24.2 Å². The number of hydrogen-bond acceptors (Lipinski definition) is 6. The summed E-state index contributed by atoms with van der Waals surface area (Å²) >= 11 is 12.7. The van der Waals surface area contributed by atoms with Crippen LogP contribution in [-0.4, -0.2) is 38.3 Å². The molecule has 3 fully saturated rings. The minimum absolute atomic E-state index is 0.0151. The molecule has 4 aliphatic rings. The van der Waals surface area contributed by atoms with Gasteiger partial charge in [-0.3, -0.25) is 14.5 Å². The zero-order chi connectivity index (χ0) is 32.7. The Morgan fingerprint density at radius 3 is 2.21 bits per heavy atom. The SMILES string of the molecule is CC1(C)CCC2(CC1)N1[C@H](c3ccccc3)[C@H](c3ccccc3)OC(=O)[C@H]1[C@H](c1ccnc(Cl)c1F)[C@@]21C(=O)Nc2nc(Cl)ccc21. The van der Waals surface area contributed by atoms with Crippen LogP contribution in [0.2, 0.25) is 10.3 Å². The number of morpholine rings is 1. The molecule has 0 bridgehead atoms. The number of aromatic nitrogens is 2. The second-order valence-electron chi connectivity index (χ2n) is 13.9. The lowest BCUT2D eigenvalue weighted by Crippen LogP contribution is -2.64. The molecule has 2 aromatic heterocycles. The Labute approximate surface area is 282 Å². The minimum Gasteiger partial charge on any atom is -0.454 e. The highest BCUT2D eigenvalue weighted by Crippen LogP contribution is 2.70. The fourth-order valence-corrected chi connectivity index (χ4v) is 9.46. The molecule has 3 aliphatic heterocycles. The fraction of sp³-hybridized carbons (Fsp3) is 0.351. The third kappa shape index (κ3) is 4.27. The van der Waals surface area contributed by atoms with Gasteiger partial charge < -0.3 is 10.1 Å². The van der Waals surface area contributed by atoms with Crippen molar-refractivity contribution in [2.45, 2.75) is 74.6 Å². The van der Waals surface area contributed by atoms with Crippen LogP contribution in [0.25, 0.3) is 0 Å². The van der Waals surface area contributed by atoms with Gasteiger partial charge >= 0.3 is 5.97 Å². The Morgan fingerprint density at radius 1 is 0.872 bits per heavy atom. The first-order chi connectivity index (χ1) is 22.6. The maximum Gasteiger partial charge on any atom is 0.324 e. The highest BCUT2D eigenvalue weighted by molar-refractivity contribution is 6.30. The van der Waals surface area contributed by atoms with E-state index < -0.39 is 46.8 Å². The molecule has 10 heteroatoms. The van der Waals surface area contributed by atoms with E-state index in [0.717, 1.165) is 24.0 Å². The number of nitrogens with one attached hydrogen (secondary N) is 1. The molecule has 8 rings (SSSR count). The van der Waals surface area contributed by atoms with Crippen LogP contribution in [-0.2, 0) is 19.7 Å². The van der Waals surface area contributed by atoms with Crippen molar-refractivity contribution in [2.75, 3.05) is 5.32 Å². The highest BCUT2D eigenvalue weighted by atomic mass is 35.5. The molecule has 0 radical (unpaired) electrons. The fourth-order valence-electron chi connectivity index (χ4n) is 9.15. The molecule has 7 nitrogen and oxygen atoms in total.